The molecule has 1 aliphatic rings. The molecular weight excluding hydrogens is 404 g/mol. The number of nitrogens with zero attached hydrogens (tertiary/aromatic N) is 1. The summed E-state index contributed by atoms with van der Waals surface area (Å²) in [5.41, 5.74) is 4.52. The molecule has 4 rings (SSSR count). The molecule has 0 radical (unpaired) electrons. The van der Waals surface area contributed by atoms with Crippen LogP contribution < -0.4 is 19.7 Å². The van der Waals surface area contributed by atoms with Crippen LogP contribution in [-0.4, -0.2) is 26.0 Å². The molecule has 2 amide bonds. The molecule has 0 atom stereocenters. The van der Waals surface area contributed by atoms with Crippen LogP contribution in [-0.2, 0) is 9.59 Å². The van der Waals surface area contributed by atoms with Gasteiger partial charge in [0.1, 0.15) is 5.70 Å². The zero-order valence-electron chi connectivity index (χ0n) is 18.4. The third-order valence-electron chi connectivity index (χ3n) is 5.64. The van der Waals surface area contributed by atoms with Crippen molar-refractivity contribution in [2.75, 3.05) is 24.4 Å². The van der Waals surface area contributed by atoms with E-state index in [1.807, 2.05) is 62.4 Å². The Bertz CT molecular complexity index is 1230. The molecule has 1 heterocycles. The summed E-state index contributed by atoms with van der Waals surface area (Å²) >= 11 is 0. The van der Waals surface area contributed by atoms with Crippen LogP contribution in [0.5, 0.6) is 11.5 Å². The van der Waals surface area contributed by atoms with Gasteiger partial charge in [-0.3, -0.25) is 9.59 Å². The minimum absolute atomic E-state index is 0.240. The molecule has 0 fully saturated rings. The SMILES string of the molecule is COc1ccc(N2C(=O)C(Nc3cccc(C)c3C)=C(c3ccccc3)C2=O)cc1OC. The van der Waals surface area contributed by atoms with Crippen molar-refractivity contribution in [3.63, 3.8) is 0 Å². The van der Waals surface area contributed by atoms with Gasteiger partial charge in [-0.15, -0.1) is 0 Å². The molecule has 1 N–H and O–H groups in total. The van der Waals surface area contributed by atoms with Crippen molar-refractivity contribution in [1.82, 2.24) is 0 Å². The highest BCUT2D eigenvalue weighted by molar-refractivity contribution is 6.46. The number of ether oxygens (including phenoxy) is 2. The smallest absolute Gasteiger partial charge is 0.282 e. The summed E-state index contributed by atoms with van der Waals surface area (Å²) in [6, 6.07) is 20.0. The quantitative estimate of drug-likeness (QED) is 0.576. The first-order valence-corrected chi connectivity index (χ1v) is 10.2. The highest BCUT2D eigenvalue weighted by atomic mass is 16.5. The maximum Gasteiger partial charge on any atom is 0.282 e. The third-order valence-corrected chi connectivity index (χ3v) is 5.64. The Balaban J connectivity index is 1.83. The van der Waals surface area contributed by atoms with Gasteiger partial charge in [0.25, 0.3) is 11.8 Å². The largest absolute Gasteiger partial charge is 0.493 e. The van der Waals surface area contributed by atoms with Crippen molar-refractivity contribution in [1.29, 1.82) is 0 Å². The first kappa shape index (κ1) is 21.2. The molecule has 3 aromatic carbocycles. The maximum atomic E-state index is 13.6. The van der Waals surface area contributed by atoms with E-state index < -0.39 is 11.8 Å². The predicted octanol–water partition coefficient (Wildman–Crippen LogP) is 4.72. The van der Waals surface area contributed by atoms with Crippen LogP contribution in [0.3, 0.4) is 0 Å². The molecule has 32 heavy (non-hydrogen) atoms. The van der Waals surface area contributed by atoms with Gasteiger partial charge in [0.2, 0.25) is 0 Å². The van der Waals surface area contributed by atoms with Gasteiger partial charge in [-0.25, -0.2) is 4.90 Å². The second-order valence-corrected chi connectivity index (χ2v) is 7.47. The second-order valence-electron chi connectivity index (χ2n) is 7.47. The number of anilines is 2. The topological polar surface area (TPSA) is 67.9 Å². The molecule has 162 valence electrons. The first-order valence-electron chi connectivity index (χ1n) is 10.2. The normalized spacial score (nSPS) is 13.6. The van der Waals surface area contributed by atoms with E-state index in [1.54, 1.807) is 18.2 Å². The third kappa shape index (κ3) is 3.60. The molecule has 0 bridgehead atoms. The lowest BCUT2D eigenvalue weighted by atomic mass is 10.0. The predicted molar refractivity (Wildman–Crippen MR) is 125 cm³/mol. The fourth-order valence-electron chi connectivity index (χ4n) is 3.74. The monoisotopic (exact) mass is 428 g/mol. The average molecular weight is 428 g/mol. The number of benzene rings is 3. The molecule has 0 spiro atoms. The number of carbonyl (C=O) groups excluding carboxylic acids is 2. The fraction of sp³-hybridized carbons (Fsp3) is 0.154. The van der Waals surface area contributed by atoms with Crippen LogP contribution in [0.15, 0.2) is 72.4 Å². The summed E-state index contributed by atoms with van der Waals surface area (Å²) in [6.07, 6.45) is 0. The number of rotatable bonds is 6. The zero-order chi connectivity index (χ0) is 22.8. The maximum absolute atomic E-state index is 13.6. The molecular formula is C26H24N2O4. The second kappa shape index (κ2) is 8.59. The van der Waals surface area contributed by atoms with Gasteiger partial charge in [-0.1, -0.05) is 42.5 Å². The number of aryl methyl sites for hydroxylation is 1. The fourth-order valence-corrected chi connectivity index (χ4v) is 3.74. The Morgan fingerprint density at radius 1 is 0.781 bits per heavy atom. The van der Waals surface area contributed by atoms with Crippen molar-refractivity contribution < 1.29 is 19.1 Å². The van der Waals surface area contributed by atoms with Gasteiger partial charge in [-0.05, 0) is 48.7 Å². The number of nitrogens with one attached hydrogen (secondary N) is 1. The Kier molecular flexibility index (Phi) is 5.69. The van der Waals surface area contributed by atoms with E-state index in [0.717, 1.165) is 21.7 Å². The first-order chi connectivity index (χ1) is 15.5. The van der Waals surface area contributed by atoms with E-state index in [9.17, 15) is 9.59 Å². The van der Waals surface area contributed by atoms with E-state index in [4.69, 9.17) is 9.47 Å². The number of hydrogen-bond donors (Lipinski definition) is 1. The molecule has 0 saturated heterocycles. The van der Waals surface area contributed by atoms with E-state index in [2.05, 4.69) is 5.32 Å². The van der Waals surface area contributed by atoms with E-state index in [0.29, 0.717) is 28.3 Å². The van der Waals surface area contributed by atoms with Gasteiger partial charge < -0.3 is 14.8 Å². The molecule has 6 heteroatoms. The van der Waals surface area contributed by atoms with Crippen LogP contribution in [0.1, 0.15) is 16.7 Å². The lowest BCUT2D eigenvalue weighted by Crippen LogP contribution is -2.32. The van der Waals surface area contributed by atoms with Crippen molar-refractivity contribution in [3.8, 4) is 11.5 Å². The minimum Gasteiger partial charge on any atom is -0.493 e. The lowest BCUT2D eigenvalue weighted by Gasteiger charge is -2.18. The average Bonchev–Trinajstić information content (AvgIpc) is 3.06. The summed E-state index contributed by atoms with van der Waals surface area (Å²) < 4.78 is 10.7. The number of amides is 2. The number of hydrogen-bond acceptors (Lipinski definition) is 5. The van der Waals surface area contributed by atoms with Crippen molar-refractivity contribution in [3.05, 3.63) is 89.1 Å². The number of imide groups is 1. The molecule has 6 nitrogen and oxygen atoms in total. The van der Waals surface area contributed by atoms with Crippen LogP contribution in [0.4, 0.5) is 11.4 Å². The number of carbonyl (C=O) groups is 2. The molecule has 1 aliphatic heterocycles. The lowest BCUT2D eigenvalue weighted by molar-refractivity contribution is -0.120. The summed E-state index contributed by atoms with van der Waals surface area (Å²) in [4.78, 5) is 28.3. The summed E-state index contributed by atoms with van der Waals surface area (Å²) in [5, 5.41) is 3.24. The van der Waals surface area contributed by atoms with Gasteiger partial charge in [-0.2, -0.15) is 0 Å². The summed E-state index contributed by atoms with van der Waals surface area (Å²) in [5.74, 6) is 0.117. The van der Waals surface area contributed by atoms with Crippen LogP contribution in [0, 0.1) is 13.8 Å². The Hall–Kier alpha value is -4.06. The summed E-state index contributed by atoms with van der Waals surface area (Å²) in [7, 11) is 3.04. The standard InChI is InChI=1S/C26H24N2O4/c1-16-9-8-12-20(17(16)2)27-24-23(18-10-6-5-7-11-18)25(29)28(26(24)30)19-13-14-21(31-3)22(15-19)32-4/h5-15,27H,1-4H3. The van der Waals surface area contributed by atoms with Crippen LogP contribution in [0.2, 0.25) is 0 Å². The van der Waals surface area contributed by atoms with E-state index in [-0.39, 0.29) is 5.70 Å². The van der Waals surface area contributed by atoms with Crippen molar-refractivity contribution in [2.24, 2.45) is 0 Å². The van der Waals surface area contributed by atoms with Crippen molar-refractivity contribution >= 4 is 28.8 Å². The molecule has 0 aliphatic carbocycles. The zero-order valence-corrected chi connectivity index (χ0v) is 18.4. The summed E-state index contributed by atoms with van der Waals surface area (Å²) in [6.45, 7) is 3.98. The molecule has 0 aromatic heterocycles. The highest BCUT2D eigenvalue weighted by Crippen LogP contribution is 2.38. The van der Waals surface area contributed by atoms with E-state index in [1.165, 1.54) is 14.2 Å². The number of methoxy groups -OCH3 is 2. The molecule has 0 saturated carbocycles. The van der Waals surface area contributed by atoms with Gasteiger partial charge >= 0.3 is 0 Å². The molecule has 3 aromatic rings. The van der Waals surface area contributed by atoms with E-state index >= 15 is 0 Å². The van der Waals surface area contributed by atoms with Gasteiger partial charge in [0.05, 0.1) is 25.5 Å². The van der Waals surface area contributed by atoms with Crippen LogP contribution in [0.25, 0.3) is 5.57 Å². The van der Waals surface area contributed by atoms with Crippen LogP contribution >= 0.6 is 0 Å². The Morgan fingerprint density at radius 3 is 2.19 bits per heavy atom. The van der Waals surface area contributed by atoms with Gasteiger partial charge in [0.15, 0.2) is 11.5 Å². The Morgan fingerprint density at radius 2 is 1.50 bits per heavy atom. The molecule has 0 unspecified atom stereocenters. The van der Waals surface area contributed by atoms with Gasteiger partial charge in [0, 0.05) is 11.8 Å². The van der Waals surface area contributed by atoms with Crippen molar-refractivity contribution in [2.45, 2.75) is 13.8 Å². The minimum atomic E-state index is -0.429. The highest BCUT2D eigenvalue weighted by Gasteiger charge is 2.40. The Labute approximate surface area is 187 Å².